The van der Waals surface area contributed by atoms with E-state index in [1.54, 1.807) is 6.20 Å². The average molecular weight is 786 g/mol. The molecule has 0 spiro atoms. The molecular weight excluding hydrogens is 749 g/mol. The third-order valence-corrected chi connectivity index (χ3v) is 11.2. The van der Waals surface area contributed by atoms with Gasteiger partial charge in [-0.15, -0.1) is 59.7 Å². The van der Waals surface area contributed by atoms with Gasteiger partial charge in [0.25, 0.3) is 0 Å². The molecule has 0 saturated carbocycles. The first-order valence-corrected chi connectivity index (χ1v) is 19.0. The maximum Gasteiger partial charge on any atom is 0.0795 e. The van der Waals surface area contributed by atoms with Gasteiger partial charge in [-0.1, -0.05) is 93.0 Å². The first-order valence-electron chi connectivity index (χ1n) is 15.2. The molecule has 4 aromatic carbocycles. The fraction of sp³-hybridized carbons (Fsp3) is 0.179. The molecule has 3 heterocycles. The second-order valence-corrected chi connectivity index (χ2v) is 18.3. The van der Waals surface area contributed by atoms with Crippen LogP contribution in [0.1, 0.15) is 32.2 Å². The molecule has 7 aromatic rings. The number of rotatable bonds is 4. The largest absolute Gasteiger partial charge is 0.305 e. The van der Waals surface area contributed by atoms with Gasteiger partial charge in [0.05, 0.1) is 8.07 Å². The van der Waals surface area contributed by atoms with Crippen LogP contribution in [0.3, 0.4) is 0 Å². The number of aromatic nitrogens is 2. The minimum atomic E-state index is -1.23. The van der Waals surface area contributed by atoms with E-state index in [4.69, 9.17) is 1.37 Å². The van der Waals surface area contributed by atoms with Crippen LogP contribution in [0.15, 0.2) is 103 Å². The summed E-state index contributed by atoms with van der Waals surface area (Å²) in [7, 11) is -1.23. The fourth-order valence-electron chi connectivity index (χ4n) is 5.33. The first-order chi connectivity index (χ1) is 21.0. The summed E-state index contributed by atoms with van der Waals surface area (Å²) >= 11 is 1.82. The van der Waals surface area contributed by atoms with Gasteiger partial charge in [-0.3, -0.25) is 0 Å². The van der Waals surface area contributed by atoms with Crippen molar-refractivity contribution in [3.8, 4) is 22.5 Å². The summed E-state index contributed by atoms with van der Waals surface area (Å²) < 4.78 is 10.9. The van der Waals surface area contributed by atoms with E-state index in [1.807, 2.05) is 73.8 Å². The van der Waals surface area contributed by atoms with Gasteiger partial charge < -0.3 is 9.97 Å². The molecule has 0 aliphatic rings. The van der Waals surface area contributed by atoms with Crippen LogP contribution in [-0.4, -0.2) is 18.0 Å². The third-order valence-electron chi connectivity index (χ3n) is 7.88. The summed E-state index contributed by atoms with van der Waals surface area (Å²) in [6, 6.07) is 37.9. The normalized spacial score (nSPS) is 12.0. The van der Waals surface area contributed by atoms with Crippen LogP contribution in [-0.2, 0) is 20.1 Å². The Labute approximate surface area is 281 Å². The van der Waals surface area contributed by atoms with Crippen LogP contribution < -0.4 is 5.19 Å². The second-order valence-electron chi connectivity index (χ2n) is 12.2. The van der Waals surface area contributed by atoms with E-state index in [2.05, 4.69) is 97.2 Å². The van der Waals surface area contributed by atoms with E-state index in [0.29, 0.717) is 0 Å². The Morgan fingerprint density at radius 2 is 1.52 bits per heavy atom. The Morgan fingerprint density at radius 3 is 2.23 bits per heavy atom. The van der Waals surface area contributed by atoms with Gasteiger partial charge in [0, 0.05) is 38.6 Å². The van der Waals surface area contributed by atoms with E-state index in [0.717, 1.165) is 28.1 Å². The zero-order valence-electron chi connectivity index (χ0n) is 27.0. The number of hydrogen-bond acceptors (Lipinski definition) is 3. The van der Waals surface area contributed by atoms with Gasteiger partial charge in [-0.05, 0) is 61.9 Å². The Kier molecular flexibility index (Phi) is 9.20. The molecule has 44 heavy (non-hydrogen) atoms. The molecule has 0 fully saturated rings. The van der Waals surface area contributed by atoms with Gasteiger partial charge in [-0.2, -0.15) is 11.3 Å². The van der Waals surface area contributed by atoms with Crippen molar-refractivity contribution in [1.29, 1.82) is 0 Å². The SMILES string of the molecule is C[Si](C)(C)c1ccc(-c2[c-]cccc2)nc1.[2H]C(C)(C)c1ccnc(-c2[c-]ccc3c2sc2c4cccc(C)c4ccc32)c1.[Ir]. The zero-order valence-corrected chi connectivity index (χ0v) is 30.2. The van der Waals surface area contributed by atoms with Crippen molar-refractivity contribution in [2.45, 2.75) is 46.3 Å². The predicted octanol–water partition coefficient (Wildman–Crippen LogP) is 10.6. The molecular formula is C39H36IrN2SSi-2. The molecule has 0 saturated heterocycles. The van der Waals surface area contributed by atoms with Gasteiger partial charge in [0.1, 0.15) is 0 Å². The zero-order chi connectivity index (χ0) is 31.1. The van der Waals surface area contributed by atoms with Crippen LogP contribution in [0.2, 0.25) is 19.6 Å². The molecule has 0 bridgehead atoms. The minimum Gasteiger partial charge on any atom is -0.305 e. The first kappa shape index (κ1) is 30.5. The van der Waals surface area contributed by atoms with Crippen LogP contribution in [0.4, 0.5) is 0 Å². The molecule has 0 atom stereocenters. The van der Waals surface area contributed by atoms with Crippen LogP contribution in [0.25, 0.3) is 53.5 Å². The summed E-state index contributed by atoms with van der Waals surface area (Å²) in [6.45, 7) is 13.0. The smallest absolute Gasteiger partial charge is 0.0795 e. The van der Waals surface area contributed by atoms with Crippen molar-refractivity contribution in [2.75, 3.05) is 0 Å². The Bertz CT molecular complexity index is 2090. The Balaban J connectivity index is 0.000000202. The number of benzene rings is 4. The standard InChI is InChI=1S/C25H20NS.C14H16NSi.Ir/c1-15(2)17-12-13-26-23(14-17)22-9-5-8-20-21-11-10-18-16(3)6-4-7-19(18)24(21)27-25(20)22;1-16(2,3)13-9-10-14(15-11-13)12-7-5-4-6-8-12;/h4-8,10-15H,1-3H3;4-7,9-11H,1-3H3;/q2*-1;/i15D;;. The summed E-state index contributed by atoms with van der Waals surface area (Å²) in [5, 5.41) is 6.54. The minimum absolute atomic E-state index is 0. The van der Waals surface area contributed by atoms with Gasteiger partial charge >= 0.3 is 0 Å². The van der Waals surface area contributed by atoms with Gasteiger partial charge in [0.15, 0.2) is 0 Å². The molecule has 0 amide bonds. The number of aryl methyl sites for hydroxylation is 1. The molecule has 223 valence electrons. The molecule has 0 aliphatic carbocycles. The number of pyridine rings is 2. The van der Waals surface area contributed by atoms with Crippen LogP contribution >= 0.6 is 11.3 Å². The van der Waals surface area contributed by atoms with Crippen molar-refractivity contribution in [2.24, 2.45) is 0 Å². The van der Waals surface area contributed by atoms with Gasteiger partial charge in [-0.25, -0.2) is 0 Å². The van der Waals surface area contributed by atoms with Crippen LogP contribution in [0, 0.1) is 19.1 Å². The van der Waals surface area contributed by atoms with Crippen molar-refractivity contribution in [3.05, 3.63) is 127 Å². The number of nitrogens with zero attached hydrogens (tertiary/aromatic N) is 2. The van der Waals surface area contributed by atoms with E-state index in [9.17, 15) is 0 Å². The Morgan fingerprint density at radius 1 is 0.750 bits per heavy atom. The van der Waals surface area contributed by atoms with Crippen molar-refractivity contribution in [3.63, 3.8) is 0 Å². The molecule has 5 heteroatoms. The van der Waals surface area contributed by atoms with Crippen molar-refractivity contribution in [1.82, 2.24) is 9.97 Å². The third kappa shape index (κ3) is 6.48. The van der Waals surface area contributed by atoms with E-state index in [1.165, 1.54) is 41.7 Å². The van der Waals surface area contributed by atoms with E-state index in [-0.39, 0.29) is 20.1 Å². The fourth-order valence-corrected chi connectivity index (χ4v) is 7.70. The van der Waals surface area contributed by atoms with E-state index < -0.39 is 14.0 Å². The van der Waals surface area contributed by atoms with E-state index >= 15 is 0 Å². The number of hydrogen-bond donors (Lipinski definition) is 0. The summed E-state index contributed by atoms with van der Waals surface area (Å²) in [5.41, 5.74) is 6.23. The second kappa shape index (κ2) is 13.3. The Hall–Kier alpha value is -3.47. The molecule has 0 aliphatic heterocycles. The van der Waals surface area contributed by atoms with Crippen molar-refractivity contribution >= 4 is 55.5 Å². The quantitative estimate of drug-likeness (QED) is 0.131. The number of fused-ring (bicyclic) bond motifs is 5. The average Bonchev–Trinajstić information content (AvgIpc) is 3.41. The molecule has 3 aromatic heterocycles. The van der Waals surface area contributed by atoms with Gasteiger partial charge in [0.2, 0.25) is 0 Å². The molecule has 1 radical (unpaired) electrons. The maximum absolute atomic E-state index is 8.36. The molecule has 2 nitrogen and oxygen atoms in total. The molecule has 7 rings (SSSR count). The summed E-state index contributed by atoms with van der Waals surface area (Å²) in [4.78, 5) is 9.13. The van der Waals surface area contributed by atoms with Crippen LogP contribution in [0.5, 0.6) is 0 Å². The maximum atomic E-state index is 8.36. The molecule has 0 N–H and O–H groups in total. The predicted molar refractivity (Wildman–Crippen MR) is 189 cm³/mol. The monoisotopic (exact) mass is 786 g/mol. The topological polar surface area (TPSA) is 25.8 Å². The number of thiophene rings is 1. The van der Waals surface area contributed by atoms with Crippen molar-refractivity contribution < 1.29 is 21.5 Å². The molecule has 0 unspecified atom stereocenters. The summed E-state index contributed by atoms with van der Waals surface area (Å²) in [5.74, 6) is -0.653. The summed E-state index contributed by atoms with van der Waals surface area (Å²) in [6.07, 6.45) is 3.82.